The fraction of sp³-hybridized carbons (Fsp3) is 0.571. The molecule has 0 radical (unpaired) electrons. The number of Topliss-reactive ketones (excluding diaryl/α,β-unsaturated/α-hetero) is 1. The van der Waals surface area contributed by atoms with Gasteiger partial charge in [-0.05, 0) is 98.6 Å². The summed E-state index contributed by atoms with van der Waals surface area (Å²) in [6.07, 6.45) is 9.91. The highest BCUT2D eigenvalue weighted by molar-refractivity contribution is 9.10. The minimum absolute atomic E-state index is 0.0973. The quantitative estimate of drug-likeness (QED) is 0.430. The number of hydrogen-bond donors (Lipinski definition) is 2. The number of piperidine rings is 1. The highest BCUT2D eigenvalue weighted by Crippen LogP contribution is 2.36. The molecule has 0 spiro atoms. The Morgan fingerprint density at radius 3 is 2.68 bits per heavy atom. The first-order chi connectivity index (χ1) is 17.8. The fourth-order valence-electron chi connectivity index (χ4n) is 5.65. The predicted octanol–water partition coefficient (Wildman–Crippen LogP) is 5.14. The number of ether oxygens (including phenoxy) is 1. The van der Waals surface area contributed by atoms with Crippen LogP contribution in [0.15, 0.2) is 28.9 Å². The minimum atomic E-state index is -0.0973. The summed E-state index contributed by atoms with van der Waals surface area (Å²) in [6.45, 7) is 3.62. The summed E-state index contributed by atoms with van der Waals surface area (Å²) >= 11 is 3.62. The molecule has 2 N–H and O–H groups in total. The van der Waals surface area contributed by atoms with Crippen LogP contribution in [0.5, 0.6) is 5.75 Å². The van der Waals surface area contributed by atoms with E-state index in [0.29, 0.717) is 41.2 Å². The van der Waals surface area contributed by atoms with Gasteiger partial charge in [0.1, 0.15) is 11.5 Å². The van der Waals surface area contributed by atoms with Gasteiger partial charge in [0, 0.05) is 30.8 Å². The van der Waals surface area contributed by atoms with Crippen molar-refractivity contribution in [1.82, 2.24) is 20.2 Å². The third-order valence-electron chi connectivity index (χ3n) is 7.56. The van der Waals surface area contributed by atoms with Gasteiger partial charge in [-0.25, -0.2) is 9.97 Å². The summed E-state index contributed by atoms with van der Waals surface area (Å²) < 4.78 is 6.47. The molecule has 1 saturated heterocycles. The molecule has 2 fully saturated rings. The van der Waals surface area contributed by atoms with Gasteiger partial charge in [0.15, 0.2) is 0 Å². The van der Waals surface area contributed by atoms with Crippen LogP contribution < -0.4 is 15.4 Å². The second-order valence-electron chi connectivity index (χ2n) is 10.5. The van der Waals surface area contributed by atoms with Crippen molar-refractivity contribution < 1.29 is 14.3 Å². The van der Waals surface area contributed by atoms with Crippen LogP contribution in [0.3, 0.4) is 0 Å². The summed E-state index contributed by atoms with van der Waals surface area (Å²) in [5, 5.41) is 6.41. The molecule has 2 heterocycles. The zero-order chi connectivity index (χ0) is 26.4. The number of likely N-dealkylation sites (N-methyl/N-ethyl adjacent to an activating group) is 1. The Kier molecular flexibility index (Phi) is 9.54. The Bertz CT molecular complexity index is 1110. The van der Waals surface area contributed by atoms with E-state index in [1.54, 1.807) is 32.4 Å². The van der Waals surface area contributed by atoms with E-state index in [4.69, 9.17) is 9.72 Å². The lowest BCUT2D eigenvalue weighted by molar-refractivity contribution is -0.118. The number of hydrogen-bond acceptors (Lipinski definition) is 7. The molecule has 8 nitrogen and oxygen atoms in total. The number of likely N-dealkylation sites (tertiary alicyclic amines) is 1. The average Bonchev–Trinajstić information content (AvgIpc) is 2.87. The first kappa shape index (κ1) is 27.5. The van der Waals surface area contributed by atoms with Crippen LogP contribution in [0.2, 0.25) is 0 Å². The van der Waals surface area contributed by atoms with Crippen molar-refractivity contribution in [2.75, 3.05) is 32.6 Å². The molecule has 2 aromatic rings. The van der Waals surface area contributed by atoms with E-state index < -0.39 is 0 Å². The first-order valence-corrected chi connectivity index (χ1v) is 14.1. The number of ketones is 1. The Labute approximate surface area is 228 Å². The predicted molar refractivity (Wildman–Crippen MR) is 148 cm³/mol. The summed E-state index contributed by atoms with van der Waals surface area (Å²) in [6, 6.07) is 5.53. The van der Waals surface area contributed by atoms with E-state index in [2.05, 4.69) is 43.5 Å². The summed E-state index contributed by atoms with van der Waals surface area (Å²) in [7, 11) is 3.67. The number of halogens is 1. The lowest BCUT2D eigenvalue weighted by atomic mass is 9.75. The van der Waals surface area contributed by atoms with Crippen molar-refractivity contribution in [2.24, 2.45) is 11.8 Å². The van der Waals surface area contributed by atoms with E-state index in [1.807, 2.05) is 6.07 Å². The normalized spacial score (nSPS) is 22.3. The second-order valence-corrected chi connectivity index (χ2v) is 11.4. The molecule has 1 aromatic heterocycles. The van der Waals surface area contributed by atoms with Crippen molar-refractivity contribution in [3.05, 3.63) is 40.1 Å². The van der Waals surface area contributed by atoms with Gasteiger partial charge >= 0.3 is 0 Å². The summed E-state index contributed by atoms with van der Waals surface area (Å²) in [4.78, 5) is 36.1. The molecule has 1 saturated carbocycles. The van der Waals surface area contributed by atoms with Crippen LogP contribution in [0.4, 0.5) is 11.6 Å². The Morgan fingerprint density at radius 2 is 1.95 bits per heavy atom. The number of rotatable bonds is 9. The number of methoxy groups -OCH3 is 1. The van der Waals surface area contributed by atoms with E-state index in [9.17, 15) is 9.59 Å². The number of carbonyl (C=O) groups excluding carboxylic acids is 2. The molecule has 0 bridgehead atoms. The van der Waals surface area contributed by atoms with E-state index in [1.165, 1.54) is 12.8 Å². The second kappa shape index (κ2) is 12.8. The highest BCUT2D eigenvalue weighted by atomic mass is 79.9. The van der Waals surface area contributed by atoms with E-state index in [0.717, 1.165) is 55.4 Å². The van der Waals surface area contributed by atoms with Gasteiger partial charge in [-0.3, -0.25) is 4.79 Å². The Morgan fingerprint density at radius 1 is 1.16 bits per heavy atom. The van der Waals surface area contributed by atoms with Gasteiger partial charge in [0.2, 0.25) is 5.95 Å². The monoisotopic (exact) mass is 571 g/mol. The van der Waals surface area contributed by atoms with Crippen molar-refractivity contribution in [3.8, 4) is 5.75 Å². The van der Waals surface area contributed by atoms with Gasteiger partial charge in [0.05, 0.1) is 23.0 Å². The summed E-state index contributed by atoms with van der Waals surface area (Å²) in [5.41, 5.74) is 2.18. The Hall–Kier alpha value is -2.52. The SMILES string of the molecule is COc1cc(C(=O)NC2CCCN(C)C2)ccc1Nc1ncc(Br)c(C[C@@H]2CCCC[C@H]2CC(C)=O)n1. The van der Waals surface area contributed by atoms with Crippen LogP contribution >= 0.6 is 15.9 Å². The van der Waals surface area contributed by atoms with Crippen molar-refractivity contribution in [1.29, 1.82) is 0 Å². The number of carbonyl (C=O) groups is 2. The summed E-state index contributed by atoms with van der Waals surface area (Å²) in [5.74, 6) is 2.04. The zero-order valence-corrected chi connectivity index (χ0v) is 23.6. The number of anilines is 2. The molecule has 1 aliphatic heterocycles. The lowest BCUT2D eigenvalue weighted by Crippen LogP contribution is -2.46. The molecule has 37 heavy (non-hydrogen) atoms. The Balaban J connectivity index is 1.45. The maximum Gasteiger partial charge on any atom is 0.251 e. The topological polar surface area (TPSA) is 96.5 Å². The van der Waals surface area contributed by atoms with Crippen molar-refractivity contribution in [2.45, 2.75) is 64.3 Å². The van der Waals surface area contributed by atoms with Crippen molar-refractivity contribution >= 4 is 39.3 Å². The standard InChI is InChI=1S/C28H38BrN5O3/c1-18(35)13-19-7-4-5-8-20(19)14-25-23(29)16-30-28(33-25)32-24-11-10-21(15-26(24)37-3)27(36)31-22-9-6-12-34(2)17-22/h10-11,15-16,19-20,22H,4-9,12-14,17H2,1-3H3,(H,31,36)(H,30,32,33)/t19-,20-,22?/m0/s1. The number of benzene rings is 1. The van der Waals surface area contributed by atoms with Crippen LogP contribution in [0.1, 0.15) is 67.9 Å². The number of aromatic nitrogens is 2. The van der Waals surface area contributed by atoms with Crippen LogP contribution in [-0.4, -0.2) is 59.8 Å². The third-order valence-corrected chi connectivity index (χ3v) is 8.22. The molecular weight excluding hydrogens is 534 g/mol. The first-order valence-electron chi connectivity index (χ1n) is 13.3. The lowest BCUT2D eigenvalue weighted by Gasteiger charge is -2.31. The maximum atomic E-state index is 12.9. The molecule has 9 heteroatoms. The molecule has 1 aliphatic carbocycles. The average molecular weight is 573 g/mol. The van der Waals surface area contributed by atoms with E-state index in [-0.39, 0.29) is 17.7 Å². The third kappa shape index (κ3) is 7.51. The van der Waals surface area contributed by atoms with Gasteiger partial charge in [0.25, 0.3) is 5.91 Å². The maximum absolute atomic E-state index is 12.9. The molecular formula is C28H38BrN5O3. The molecule has 4 rings (SSSR count). The molecule has 1 amide bonds. The number of nitrogens with zero attached hydrogens (tertiary/aromatic N) is 3. The van der Waals surface area contributed by atoms with E-state index >= 15 is 0 Å². The number of nitrogens with one attached hydrogen (secondary N) is 2. The molecule has 200 valence electrons. The fourth-order valence-corrected chi connectivity index (χ4v) is 6.01. The van der Waals surface area contributed by atoms with Crippen LogP contribution in [0.25, 0.3) is 0 Å². The molecule has 3 atom stereocenters. The highest BCUT2D eigenvalue weighted by Gasteiger charge is 2.27. The molecule has 2 aliphatic rings. The largest absolute Gasteiger partial charge is 0.495 e. The number of amides is 1. The molecule has 1 aromatic carbocycles. The van der Waals surface area contributed by atoms with Gasteiger partial charge in [-0.2, -0.15) is 0 Å². The van der Waals surface area contributed by atoms with Crippen molar-refractivity contribution in [3.63, 3.8) is 0 Å². The molecule has 1 unspecified atom stereocenters. The van der Waals surface area contributed by atoms with Gasteiger partial charge in [-0.15, -0.1) is 0 Å². The smallest absolute Gasteiger partial charge is 0.251 e. The van der Waals surface area contributed by atoms with Crippen LogP contribution in [0, 0.1) is 11.8 Å². The zero-order valence-electron chi connectivity index (χ0n) is 22.1. The van der Waals surface area contributed by atoms with Gasteiger partial charge < -0.3 is 25.1 Å². The minimum Gasteiger partial charge on any atom is -0.495 e. The van der Waals surface area contributed by atoms with Crippen LogP contribution in [-0.2, 0) is 11.2 Å². The van der Waals surface area contributed by atoms with Gasteiger partial charge in [-0.1, -0.05) is 12.8 Å².